The van der Waals surface area contributed by atoms with E-state index in [0.717, 1.165) is 59.4 Å². The first-order chi connectivity index (χ1) is 13.8. The van der Waals surface area contributed by atoms with Gasteiger partial charge in [-0.05, 0) is 42.8 Å². The molecule has 1 amide bonds. The quantitative estimate of drug-likeness (QED) is 0.548. The summed E-state index contributed by atoms with van der Waals surface area (Å²) in [6.45, 7) is 1.74. The summed E-state index contributed by atoms with van der Waals surface area (Å²) in [7, 11) is 0. The molecule has 142 valence electrons. The Labute approximate surface area is 165 Å². The molecule has 2 aliphatic heterocycles. The molecule has 2 atom stereocenters. The number of piperidine rings is 1. The molecule has 2 N–H and O–H groups in total. The lowest BCUT2D eigenvalue weighted by Crippen LogP contribution is -2.52. The van der Waals surface area contributed by atoms with Gasteiger partial charge in [0.1, 0.15) is 28.3 Å². The average molecular weight is 392 g/mol. The van der Waals surface area contributed by atoms with Gasteiger partial charge in [-0.3, -0.25) is 4.79 Å². The molecule has 2 fully saturated rings. The number of carbonyl (C=O) groups is 1. The lowest BCUT2D eigenvalue weighted by atomic mass is 9.96. The molecule has 0 radical (unpaired) electrons. The minimum Gasteiger partial charge on any atom is -0.351 e. The van der Waals surface area contributed by atoms with Gasteiger partial charge in [-0.1, -0.05) is 0 Å². The first-order valence-electron chi connectivity index (χ1n) is 9.71. The lowest BCUT2D eigenvalue weighted by Gasteiger charge is -2.40. The second kappa shape index (κ2) is 6.07. The Bertz CT molecular complexity index is 1150. The molecule has 6 rings (SSSR count). The van der Waals surface area contributed by atoms with Gasteiger partial charge in [0.15, 0.2) is 0 Å². The maximum Gasteiger partial charge on any atom is 0.270 e. The average Bonchev–Trinajstić information content (AvgIpc) is 3.48. The highest BCUT2D eigenvalue weighted by atomic mass is 32.1. The molecule has 0 unspecified atom stereocenters. The number of carbonyl (C=O) groups excluding carboxylic acids is 1. The van der Waals surface area contributed by atoms with Crippen LogP contribution in [-0.2, 0) is 0 Å². The predicted octanol–water partition coefficient (Wildman–Crippen LogP) is 3.38. The molecule has 6 heterocycles. The van der Waals surface area contributed by atoms with Gasteiger partial charge in [0.2, 0.25) is 0 Å². The van der Waals surface area contributed by atoms with E-state index in [0.29, 0.717) is 11.7 Å². The maximum atomic E-state index is 13.3. The monoisotopic (exact) mass is 392 g/mol. The SMILES string of the molecule is O=C(c1cc2ccsc2[nH]1)N1CCC[C@@H]2[C@H]1CCN2c1ncnc2[nH]ccc12. The van der Waals surface area contributed by atoms with Crippen LogP contribution in [-0.4, -0.2) is 55.9 Å². The van der Waals surface area contributed by atoms with E-state index in [9.17, 15) is 4.79 Å². The number of H-pyrrole nitrogens is 2. The number of aromatic amines is 2. The third-order valence-electron chi connectivity index (χ3n) is 6.15. The van der Waals surface area contributed by atoms with Crippen molar-refractivity contribution < 1.29 is 4.79 Å². The molecule has 7 nitrogen and oxygen atoms in total. The molecule has 0 aliphatic carbocycles. The van der Waals surface area contributed by atoms with Crippen LogP contribution in [0.25, 0.3) is 21.3 Å². The second-order valence-corrected chi connectivity index (χ2v) is 8.50. The van der Waals surface area contributed by atoms with Crippen molar-refractivity contribution in [3.63, 3.8) is 0 Å². The van der Waals surface area contributed by atoms with Crippen molar-refractivity contribution in [1.82, 2.24) is 24.8 Å². The van der Waals surface area contributed by atoms with Crippen LogP contribution in [0.5, 0.6) is 0 Å². The fourth-order valence-electron chi connectivity index (χ4n) is 4.91. The topological polar surface area (TPSA) is 80.9 Å². The molecule has 4 aromatic rings. The summed E-state index contributed by atoms with van der Waals surface area (Å²) in [4.78, 5) is 34.2. The fourth-order valence-corrected chi connectivity index (χ4v) is 5.69. The van der Waals surface area contributed by atoms with Crippen LogP contribution in [0.3, 0.4) is 0 Å². The summed E-state index contributed by atoms with van der Waals surface area (Å²) in [5.41, 5.74) is 1.57. The highest BCUT2D eigenvalue weighted by molar-refractivity contribution is 7.16. The van der Waals surface area contributed by atoms with E-state index >= 15 is 0 Å². The van der Waals surface area contributed by atoms with Crippen LogP contribution >= 0.6 is 11.3 Å². The minimum absolute atomic E-state index is 0.120. The van der Waals surface area contributed by atoms with Crippen LogP contribution in [0.1, 0.15) is 29.8 Å². The third kappa shape index (κ3) is 2.30. The van der Waals surface area contributed by atoms with Crippen molar-refractivity contribution in [3.05, 3.63) is 41.8 Å². The van der Waals surface area contributed by atoms with E-state index < -0.39 is 0 Å². The number of aromatic nitrogens is 4. The standard InChI is InChI=1S/C20H20N6OS/c27-20(14-10-12-5-9-28-19(12)24-14)26-7-1-2-15-16(26)4-8-25(15)18-13-3-6-21-17(13)22-11-23-18/h3,5-6,9-11,15-16,24H,1-2,4,7-8H2,(H,21,22,23)/t15-,16-/m1/s1. The number of anilines is 1. The fraction of sp³-hybridized carbons (Fsp3) is 0.350. The number of amides is 1. The normalized spacial score (nSPS) is 22.3. The number of hydrogen-bond donors (Lipinski definition) is 2. The molecule has 4 aromatic heterocycles. The van der Waals surface area contributed by atoms with Crippen LogP contribution < -0.4 is 4.90 Å². The smallest absolute Gasteiger partial charge is 0.270 e. The Morgan fingerprint density at radius 1 is 1.18 bits per heavy atom. The molecule has 2 saturated heterocycles. The van der Waals surface area contributed by atoms with Crippen molar-refractivity contribution in [2.24, 2.45) is 0 Å². The molecule has 0 bridgehead atoms. The largest absolute Gasteiger partial charge is 0.351 e. The number of thiophene rings is 1. The van der Waals surface area contributed by atoms with Crippen molar-refractivity contribution >= 4 is 44.3 Å². The Hall–Kier alpha value is -2.87. The number of rotatable bonds is 2. The molecular weight excluding hydrogens is 372 g/mol. The van der Waals surface area contributed by atoms with E-state index in [2.05, 4.69) is 35.8 Å². The Morgan fingerprint density at radius 3 is 3.07 bits per heavy atom. The maximum absolute atomic E-state index is 13.3. The zero-order chi connectivity index (χ0) is 18.7. The number of nitrogens with one attached hydrogen (secondary N) is 2. The van der Waals surface area contributed by atoms with E-state index in [1.165, 1.54) is 0 Å². The van der Waals surface area contributed by atoms with Gasteiger partial charge in [0, 0.05) is 24.7 Å². The van der Waals surface area contributed by atoms with Gasteiger partial charge in [-0.2, -0.15) is 0 Å². The van der Waals surface area contributed by atoms with E-state index in [-0.39, 0.29) is 11.9 Å². The van der Waals surface area contributed by atoms with E-state index in [1.54, 1.807) is 17.7 Å². The first kappa shape index (κ1) is 16.1. The van der Waals surface area contributed by atoms with Gasteiger partial charge in [-0.25, -0.2) is 9.97 Å². The van der Waals surface area contributed by atoms with Gasteiger partial charge in [-0.15, -0.1) is 11.3 Å². The van der Waals surface area contributed by atoms with E-state index in [1.807, 2.05) is 23.7 Å². The van der Waals surface area contributed by atoms with Crippen LogP contribution in [0.4, 0.5) is 5.82 Å². The van der Waals surface area contributed by atoms with Crippen LogP contribution in [0.2, 0.25) is 0 Å². The van der Waals surface area contributed by atoms with Gasteiger partial charge in [0.05, 0.1) is 17.5 Å². The molecule has 8 heteroatoms. The Kier molecular flexibility index (Phi) is 3.49. The van der Waals surface area contributed by atoms with Crippen molar-refractivity contribution in [2.45, 2.75) is 31.3 Å². The number of likely N-dealkylation sites (tertiary alicyclic amines) is 1. The summed E-state index contributed by atoms with van der Waals surface area (Å²) < 4.78 is 0. The van der Waals surface area contributed by atoms with E-state index in [4.69, 9.17) is 0 Å². The van der Waals surface area contributed by atoms with Gasteiger partial charge in [0.25, 0.3) is 5.91 Å². The highest BCUT2D eigenvalue weighted by Crippen LogP contribution is 2.36. The van der Waals surface area contributed by atoms with Crippen LogP contribution in [0, 0.1) is 0 Å². The van der Waals surface area contributed by atoms with Crippen molar-refractivity contribution in [2.75, 3.05) is 18.0 Å². The minimum atomic E-state index is 0.120. The zero-order valence-electron chi connectivity index (χ0n) is 15.3. The third-order valence-corrected chi connectivity index (χ3v) is 7.00. The van der Waals surface area contributed by atoms with Gasteiger partial charge < -0.3 is 19.8 Å². The van der Waals surface area contributed by atoms with Crippen molar-refractivity contribution in [1.29, 1.82) is 0 Å². The Balaban J connectivity index is 1.32. The molecule has 0 aromatic carbocycles. The number of hydrogen-bond acceptors (Lipinski definition) is 5. The predicted molar refractivity (Wildman–Crippen MR) is 110 cm³/mol. The van der Waals surface area contributed by atoms with Gasteiger partial charge >= 0.3 is 0 Å². The highest BCUT2D eigenvalue weighted by Gasteiger charge is 2.43. The molecule has 28 heavy (non-hydrogen) atoms. The Morgan fingerprint density at radius 2 is 2.14 bits per heavy atom. The summed E-state index contributed by atoms with van der Waals surface area (Å²) in [6, 6.07) is 6.61. The second-order valence-electron chi connectivity index (χ2n) is 7.58. The number of nitrogens with zero attached hydrogens (tertiary/aromatic N) is 4. The summed E-state index contributed by atoms with van der Waals surface area (Å²) in [5, 5.41) is 4.21. The molecule has 0 saturated carbocycles. The molecule has 2 aliphatic rings. The molecule has 0 spiro atoms. The summed E-state index contributed by atoms with van der Waals surface area (Å²) in [5.74, 6) is 1.10. The summed E-state index contributed by atoms with van der Waals surface area (Å²) >= 11 is 1.64. The first-order valence-corrected chi connectivity index (χ1v) is 10.6. The zero-order valence-corrected chi connectivity index (χ0v) is 16.1. The summed E-state index contributed by atoms with van der Waals surface area (Å²) in [6.07, 6.45) is 6.61. The number of fused-ring (bicyclic) bond motifs is 3. The van der Waals surface area contributed by atoms with Crippen LogP contribution in [0.15, 0.2) is 36.1 Å². The lowest BCUT2D eigenvalue weighted by molar-refractivity contribution is 0.0603. The van der Waals surface area contributed by atoms with Crippen molar-refractivity contribution in [3.8, 4) is 0 Å². The molecular formula is C20H20N6OS.